The second kappa shape index (κ2) is 13.5. The maximum absolute atomic E-state index is 10.9. The first kappa shape index (κ1) is 29.5. The molecule has 0 heterocycles. The molecule has 0 spiro atoms. The zero-order valence-corrected chi connectivity index (χ0v) is 20.4. The molecule has 0 aliphatic rings. The van der Waals surface area contributed by atoms with Gasteiger partial charge >= 0.3 is 11.9 Å². The van der Waals surface area contributed by atoms with E-state index in [-0.39, 0.29) is 29.4 Å². The molecule has 0 fully saturated rings. The van der Waals surface area contributed by atoms with Crippen molar-refractivity contribution >= 4 is 29.3 Å². The number of hydrazone groups is 1. The van der Waals surface area contributed by atoms with Crippen LogP contribution in [0.3, 0.4) is 0 Å². The van der Waals surface area contributed by atoms with Crippen molar-refractivity contribution in [2.75, 3.05) is 14.2 Å². The fraction of sp³-hybridized carbons (Fsp3) is 0.850. The number of rotatable bonds is 8. The number of ether oxygens (including phenoxy) is 2. The maximum atomic E-state index is 10.9. The van der Waals surface area contributed by atoms with Crippen molar-refractivity contribution in [1.82, 2.24) is 5.43 Å². The van der Waals surface area contributed by atoms with Gasteiger partial charge in [0.1, 0.15) is 0 Å². The normalized spacial score (nSPS) is 14.5. The van der Waals surface area contributed by atoms with Crippen LogP contribution in [-0.2, 0) is 19.1 Å². The van der Waals surface area contributed by atoms with Crippen LogP contribution in [0.15, 0.2) is 15.3 Å². The molecule has 0 saturated heterocycles. The second-order valence-corrected chi connectivity index (χ2v) is 9.69. The number of halogens is 1. The fourth-order valence-electron chi connectivity index (χ4n) is 1.44. The molecule has 0 aromatic heterocycles. The summed E-state index contributed by atoms with van der Waals surface area (Å²) in [6.45, 7) is 15.5. The molecule has 0 bridgehead atoms. The van der Waals surface area contributed by atoms with Gasteiger partial charge in [0.25, 0.3) is 0 Å². The third kappa shape index (κ3) is 22.5. The molecule has 0 aromatic carbocycles. The monoisotopic (exact) mass is 434 g/mol. The topological polar surface area (TPSA) is 102 Å². The predicted molar refractivity (Wildman–Crippen MR) is 117 cm³/mol. The molecule has 0 saturated carbocycles. The molecular formula is C20H39ClN4O4. The minimum atomic E-state index is -0.832. The summed E-state index contributed by atoms with van der Waals surface area (Å²) >= 11 is 6.08. The highest BCUT2D eigenvalue weighted by atomic mass is 35.5. The van der Waals surface area contributed by atoms with Crippen LogP contribution in [-0.4, -0.2) is 47.9 Å². The molecule has 170 valence electrons. The molecule has 9 heteroatoms. The Morgan fingerprint density at radius 1 is 0.862 bits per heavy atom. The van der Waals surface area contributed by atoms with E-state index < -0.39 is 5.00 Å². The van der Waals surface area contributed by atoms with E-state index in [1.807, 2.05) is 48.5 Å². The summed E-state index contributed by atoms with van der Waals surface area (Å²) < 4.78 is 9.05. The summed E-state index contributed by atoms with van der Waals surface area (Å²) in [5.74, 6) is -0.483. The smallest absolute Gasteiger partial charge is 0.305 e. The van der Waals surface area contributed by atoms with Crippen LogP contribution < -0.4 is 5.43 Å². The number of hydrogen-bond acceptors (Lipinski definition) is 8. The molecular weight excluding hydrogens is 396 g/mol. The van der Waals surface area contributed by atoms with Gasteiger partial charge in [-0.25, -0.2) is 0 Å². The van der Waals surface area contributed by atoms with E-state index in [0.717, 1.165) is 5.71 Å². The van der Waals surface area contributed by atoms with Crippen LogP contribution >= 0.6 is 11.6 Å². The summed E-state index contributed by atoms with van der Waals surface area (Å²) in [4.78, 5) is 20.9. The van der Waals surface area contributed by atoms with E-state index >= 15 is 0 Å². The highest BCUT2D eigenvalue weighted by Crippen LogP contribution is 2.25. The molecule has 1 unspecified atom stereocenters. The number of alkyl halides is 1. The van der Waals surface area contributed by atoms with E-state index in [2.05, 4.69) is 30.2 Å². The van der Waals surface area contributed by atoms with Gasteiger partial charge in [0, 0.05) is 17.7 Å². The average Bonchev–Trinajstić information content (AvgIpc) is 2.60. The first-order valence-electron chi connectivity index (χ1n) is 9.58. The Bertz CT molecular complexity index is 562. The Morgan fingerprint density at radius 3 is 1.76 bits per heavy atom. The van der Waals surface area contributed by atoms with Crippen LogP contribution in [0.4, 0.5) is 0 Å². The lowest BCUT2D eigenvalue weighted by Crippen LogP contribution is -2.32. The highest BCUT2D eigenvalue weighted by molar-refractivity contribution is 6.23. The summed E-state index contributed by atoms with van der Waals surface area (Å²) in [6, 6.07) is 0. The summed E-state index contributed by atoms with van der Waals surface area (Å²) in [7, 11) is 2.74. The van der Waals surface area contributed by atoms with Gasteiger partial charge in [-0.1, -0.05) is 11.6 Å². The van der Waals surface area contributed by atoms with Gasteiger partial charge in [0.05, 0.1) is 26.2 Å². The van der Waals surface area contributed by atoms with E-state index in [1.165, 1.54) is 14.2 Å². The third-order valence-corrected chi connectivity index (χ3v) is 3.34. The standard InChI is InChI=1S/C10H19ClN2O2.C10H20N2O2/c1-9(2,3)12-13-10(4,11)7-6-8(14)15-5;1-8(6-7-9(13)14-5)11-12-10(2,3)4/h6-7H2,1-5H3;12H,6-7H2,1-5H3. The number of nitrogens with zero attached hydrogens (tertiary/aromatic N) is 3. The number of nitrogens with one attached hydrogen (secondary N) is 1. The number of esters is 2. The molecule has 1 N–H and O–H groups in total. The van der Waals surface area contributed by atoms with Crippen molar-refractivity contribution in [2.24, 2.45) is 15.3 Å². The largest absolute Gasteiger partial charge is 0.469 e. The van der Waals surface area contributed by atoms with Crippen molar-refractivity contribution in [3.05, 3.63) is 0 Å². The molecule has 0 aliphatic heterocycles. The number of methoxy groups -OCH3 is 2. The first-order chi connectivity index (χ1) is 13.0. The Hall–Kier alpha value is -1.70. The Kier molecular flexibility index (Phi) is 13.7. The zero-order chi connectivity index (χ0) is 23.3. The van der Waals surface area contributed by atoms with Crippen molar-refractivity contribution in [3.63, 3.8) is 0 Å². The third-order valence-electron chi connectivity index (χ3n) is 3.07. The van der Waals surface area contributed by atoms with Crippen LogP contribution in [0, 0.1) is 0 Å². The van der Waals surface area contributed by atoms with E-state index in [1.54, 1.807) is 6.92 Å². The van der Waals surface area contributed by atoms with E-state index in [4.69, 9.17) is 11.6 Å². The second-order valence-electron chi connectivity index (χ2n) is 8.87. The van der Waals surface area contributed by atoms with Gasteiger partial charge in [0.2, 0.25) is 0 Å². The van der Waals surface area contributed by atoms with Gasteiger partial charge in [-0.3, -0.25) is 9.59 Å². The van der Waals surface area contributed by atoms with Gasteiger partial charge in [-0.15, -0.1) is 0 Å². The molecule has 8 nitrogen and oxygen atoms in total. The SMILES string of the molecule is COC(=O)CCC(C)(Cl)N=NC(C)(C)C.COC(=O)CCC(C)=NNC(C)(C)C. The Balaban J connectivity index is 0. The summed E-state index contributed by atoms with van der Waals surface area (Å²) in [6.07, 6.45) is 1.69. The summed E-state index contributed by atoms with van der Waals surface area (Å²) in [5, 5.41) is 12.2. The highest BCUT2D eigenvalue weighted by Gasteiger charge is 2.22. The van der Waals surface area contributed by atoms with E-state index in [9.17, 15) is 9.59 Å². The molecule has 0 aliphatic carbocycles. The lowest BCUT2D eigenvalue weighted by Gasteiger charge is -2.18. The summed E-state index contributed by atoms with van der Waals surface area (Å²) in [5.41, 5.74) is 3.62. The van der Waals surface area contributed by atoms with Gasteiger partial charge in [0.15, 0.2) is 5.00 Å². The average molecular weight is 435 g/mol. The lowest BCUT2D eigenvalue weighted by atomic mass is 10.1. The van der Waals surface area contributed by atoms with Gasteiger partial charge in [-0.2, -0.15) is 15.3 Å². The number of carbonyl (C=O) groups excluding carboxylic acids is 2. The zero-order valence-electron chi connectivity index (χ0n) is 19.7. The van der Waals surface area contributed by atoms with Crippen molar-refractivity contribution in [1.29, 1.82) is 0 Å². The minimum absolute atomic E-state index is 0.0352. The fourth-order valence-corrected chi connectivity index (χ4v) is 1.57. The number of hydrogen-bond donors (Lipinski definition) is 1. The number of azo groups is 1. The molecule has 0 amide bonds. The quantitative estimate of drug-likeness (QED) is 0.147. The van der Waals surface area contributed by atoms with Crippen molar-refractivity contribution in [3.8, 4) is 0 Å². The van der Waals surface area contributed by atoms with Crippen molar-refractivity contribution in [2.45, 2.75) is 97.1 Å². The Labute approximate surface area is 180 Å². The van der Waals surface area contributed by atoms with Crippen molar-refractivity contribution < 1.29 is 19.1 Å². The van der Waals surface area contributed by atoms with Gasteiger partial charge < -0.3 is 14.9 Å². The van der Waals surface area contributed by atoms with Crippen LogP contribution in [0.5, 0.6) is 0 Å². The van der Waals surface area contributed by atoms with Gasteiger partial charge in [-0.05, 0) is 68.2 Å². The van der Waals surface area contributed by atoms with Crippen LogP contribution in [0.1, 0.15) is 81.1 Å². The maximum Gasteiger partial charge on any atom is 0.305 e. The molecule has 1 atom stereocenters. The minimum Gasteiger partial charge on any atom is -0.469 e. The van der Waals surface area contributed by atoms with E-state index in [0.29, 0.717) is 19.3 Å². The molecule has 0 rings (SSSR count). The first-order valence-corrected chi connectivity index (χ1v) is 9.96. The molecule has 0 aromatic rings. The predicted octanol–water partition coefficient (Wildman–Crippen LogP) is 4.85. The number of carbonyl (C=O) groups is 2. The van der Waals surface area contributed by atoms with Crippen LogP contribution in [0.25, 0.3) is 0 Å². The Morgan fingerprint density at radius 2 is 1.34 bits per heavy atom. The molecule has 0 radical (unpaired) electrons. The molecule has 29 heavy (non-hydrogen) atoms. The lowest BCUT2D eigenvalue weighted by molar-refractivity contribution is -0.141. The van der Waals surface area contributed by atoms with Crippen LogP contribution in [0.2, 0.25) is 0 Å².